The van der Waals surface area contributed by atoms with Crippen LogP contribution in [0, 0.1) is 0 Å². The molecule has 0 aliphatic carbocycles. The number of methoxy groups -OCH3 is 3. The standard InChI is InChI=1S/C25H29NO7/c1-15(2)33-17-8-6-16(7-9-17)23(27)21-22(26(12-13-30-3)25(29)24(21)28)19-11-10-18(31-4)14-20(19)32-5/h6-11,14-15,22,27H,12-13H2,1-5H3/b23-21+/t22-/m1/s1. The highest BCUT2D eigenvalue weighted by molar-refractivity contribution is 6.46. The van der Waals surface area contributed by atoms with Crippen LogP contribution in [0.4, 0.5) is 0 Å². The van der Waals surface area contributed by atoms with Crippen LogP contribution < -0.4 is 14.2 Å². The summed E-state index contributed by atoms with van der Waals surface area (Å²) in [5.41, 5.74) is 0.931. The molecule has 2 aromatic carbocycles. The highest BCUT2D eigenvalue weighted by atomic mass is 16.5. The minimum absolute atomic E-state index is 0.00177. The Labute approximate surface area is 193 Å². The van der Waals surface area contributed by atoms with Crippen LogP contribution >= 0.6 is 0 Å². The summed E-state index contributed by atoms with van der Waals surface area (Å²) < 4.78 is 21.6. The third-order valence-electron chi connectivity index (χ3n) is 5.31. The van der Waals surface area contributed by atoms with Gasteiger partial charge < -0.3 is 29.0 Å². The molecule has 1 aliphatic rings. The van der Waals surface area contributed by atoms with Gasteiger partial charge in [0.1, 0.15) is 23.0 Å². The molecule has 0 spiro atoms. The second-order valence-corrected chi connectivity index (χ2v) is 7.78. The van der Waals surface area contributed by atoms with Crippen molar-refractivity contribution in [2.24, 2.45) is 0 Å². The first-order valence-corrected chi connectivity index (χ1v) is 10.6. The normalized spacial score (nSPS) is 17.5. The van der Waals surface area contributed by atoms with E-state index in [2.05, 4.69) is 0 Å². The Morgan fingerprint density at radius 2 is 1.67 bits per heavy atom. The van der Waals surface area contributed by atoms with Gasteiger partial charge in [0.2, 0.25) is 0 Å². The van der Waals surface area contributed by atoms with Crippen LogP contribution in [0.5, 0.6) is 17.2 Å². The lowest BCUT2D eigenvalue weighted by Crippen LogP contribution is -2.32. The van der Waals surface area contributed by atoms with Crippen molar-refractivity contribution in [3.63, 3.8) is 0 Å². The first-order valence-electron chi connectivity index (χ1n) is 10.6. The number of nitrogens with zero attached hydrogens (tertiary/aromatic N) is 1. The molecule has 1 amide bonds. The summed E-state index contributed by atoms with van der Waals surface area (Å²) in [5, 5.41) is 11.2. The summed E-state index contributed by atoms with van der Waals surface area (Å²) in [6, 6.07) is 11.0. The van der Waals surface area contributed by atoms with Crippen LogP contribution in [0.1, 0.15) is 31.0 Å². The monoisotopic (exact) mass is 455 g/mol. The maximum absolute atomic E-state index is 13.1. The van der Waals surface area contributed by atoms with E-state index in [0.717, 1.165) is 0 Å². The van der Waals surface area contributed by atoms with Gasteiger partial charge in [0.15, 0.2) is 0 Å². The fraction of sp³-hybridized carbons (Fsp3) is 0.360. The summed E-state index contributed by atoms with van der Waals surface area (Å²) in [5.74, 6) is -0.131. The van der Waals surface area contributed by atoms with Crippen LogP contribution in [0.2, 0.25) is 0 Å². The second-order valence-electron chi connectivity index (χ2n) is 7.78. The van der Waals surface area contributed by atoms with Gasteiger partial charge in [0.05, 0.1) is 38.5 Å². The minimum atomic E-state index is -0.854. The second kappa shape index (κ2) is 10.4. The third-order valence-corrected chi connectivity index (χ3v) is 5.31. The van der Waals surface area contributed by atoms with Crippen molar-refractivity contribution >= 4 is 17.4 Å². The summed E-state index contributed by atoms with van der Waals surface area (Å²) >= 11 is 0. The van der Waals surface area contributed by atoms with Crippen molar-refractivity contribution in [1.29, 1.82) is 0 Å². The van der Waals surface area contributed by atoms with E-state index < -0.39 is 17.7 Å². The highest BCUT2D eigenvalue weighted by Crippen LogP contribution is 2.43. The number of hydrogen-bond acceptors (Lipinski definition) is 7. The lowest BCUT2D eigenvalue weighted by Gasteiger charge is -2.26. The first kappa shape index (κ1) is 24.1. The van der Waals surface area contributed by atoms with Crippen molar-refractivity contribution < 1.29 is 33.6 Å². The van der Waals surface area contributed by atoms with Gasteiger partial charge in [0, 0.05) is 30.8 Å². The lowest BCUT2D eigenvalue weighted by molar-refractivity contribution is -0.140. The topological polar surface area (TPSA) is 94.5 Å². The summed E-state index contributed by atoms with van der Waals surface area (Å²) in [7, 11) is 4.54. The molecule has 0 bridgehead atoms. The largest absolute Gasteiger partial charge is 0.507 e. The molecule has 1 atom stereocenters. The van der Waals surface area contributed by atoms with E-state index in [-0.39, 0.29) is 30.6 Å². The van der Waals surface area contributed by atoms with Crippen LogP contribution in [0.25, 0.3) is 5.76 Å². The smallest absolute Gasteiger partial charge is 0.295 e. The van der Waals surface area contributed by atoms with Crippen molar-refractivity contribution in [3.05, 3.63) is 59.2 Å². The fourth-order valence-corrected chi connectivity index (χ4v) is 3.79. The highest BCUT2D eigenvalue weighted by Gasteiger charge is 2.47. The number of benzene rings is 2. The van der Waals surface area contributed by atoms with Gasteiger partial charge in [-0.2, -0.15) is 0 Å². The van der Waals surface area contributed by atoms with Crippen LogP contribution in [0.15, 0.2) is 48.0 Å². The quantitative estimate of drug-likeness (QED) is 0.351. The average molecular weight is 456 g/mol. The van der Waals surface area contributed by atoms with Crippen molar-refractivity contribution in [2.45, 2.75) is 26.0 Å². The summed E-state index contributed by atoms with van der Waals surface area (Å²) in [6.07, 6.45) is -0.00177. The van der Waals surface area contributed by atoms with E-state index >= 15 is 0 Å². The molecule has 1 fully saturated rings. The Morgan fingerprint density at radius 3 is 2.24 bits per heavy atom. The first-order chi connectivity index (χ1) is 15.8. The van der Waals surface area contributed by atoms with Gasteiger partial charge in [-0.15, -0.1) is 0 Å². The molecule has 0 aromatic heterocycles. The maximum atomic E-state index is 13.1. The molecule has 2 aromatic rings. The molecular formula is C25H29NO7. The Morgan fingerprint density at radius 1 is 1.00 bits per heavy atom. The predicted molar refractivity (Wildman–Crippen MR) is 123 cm³/mol. The van der Waals surface area contributed by atoms with Gasteiger partial charge in [-0.05, 0) is 50.2 Å². The van der Waals surface area contributed by atoms with Crippen molar-refractivity contribution in [2.75, 3.05) is 34.5 Å². The molecule has 33 heavy (non-hydrogen) atoms. The minimum Gasteiger partial charge on any atom is -0.507 e. The number of carbonyl (C=O) groups excluding carboxylic acids is 2. The molecule has 3 rings (SSSR count). The zero-order valence-corrected chi connectivity index (χ0v) is 19.5. The molecule has 8 nitrogen and oxygen atoms in total. The molecule has 0 radical (unpaired) electrons. The number of carbonyl (C=O) groups is 2. The van der Waals surface area contributed by atoms with Gasteiger partial charge in [0.25, 0.3) is 11.7 Å². The molecule has 1 heterocycles. The average Bonchev–Trinajstić information content (AvgIpc) is 3.06. The number of rotatable bonds is 9. The van der Waals surface area contributed by atoms with E-state index in [1.54, 1.807) is 42.5 Å². The number of hydrogen-bond donors (Lipinski definition) is 1. The van der Waals surface area contributed by atoms with E-state index in [1.165, 1.54) is 26.2 Å². The van der Waals surface area contributed by atoms with Crippen LogP contribution in [-0.4, -0.2) is 62.3 Å². The van der Waals surface area contributed by atoms with E-state index in [9.17, 15) is 14.7 Å². The number of ketones is 1. The molecule has 176 valence electrons. The summed E-state index contributed by atoms with van der Waals surface area (Å²) in [6.45, 7) is 4.22. The zero-order chi connectivity index (χ0) is 24.1. The molecule has 1 saturated heterocycles. The summed E-state index contributed by atoms with van der Waals surface area (Å²) in [4.78, 5) is 27.4. The maximum Gasteiger partial charge on any atom is 0.295 e. The van der Waals surface area contributed by atoms with E-state index in [0.29, 0.717) is 28.4 Å². The van der Waals surface area contributed by atoms with Crippen LogP contribution in [0.3, 0.4) is 0 Å². The van der Waals surface area contributed by atoms with Crippen LogP contribution in [-0.2, 0) is 14.3 Å². The molecule has 8 heteroatoms. The van der Waals surface area contributed by atoms with Gasteiger partial charge in [-0.25, -0.2) is 0 Å². The lowest BCUT2D eigenvalue weighted by atomic mass is 9.94. The number of likely N-dealkylation sites (tertiary alicyclic amines) is 1. The number of amides is 1. The predicted octanol–water partition coefficient (Wildman–Crippen LogP) is 3.56. The Kier molecular flexibility index (Phi) is 7.60. The molecule has 1 aliphatic heterocycles. The zero-order valence-electron chi connectivity index (χ0n) is 19.5. The van der Waals surface area contributed by atoms with Crippen molar-refractivity contribution in [1.82, 2.24) is 4.90 Å². The van der Waals surface area contributed by atoms with Gasteiger partial charge in [-0.1, -0.05) is 0 Å². The SMILES string of the molecule is COCCN1C(=O)C(=O)/C(=C(/O)c2ccc(OC(C)C)cc2)[C@H]1c1ccc(OC)cc1OC. The number of aliphatic hydroxyl groups excluding tert-OH is 1. The molecule has 0 unspecified atom stereocenters. The molecule has 0 saturated carbocycles. The van der Waals surface area contributed by atoms with Gasteiger partial charge in [-0.3, -0.25) is 9.59 Å². The van der Waals surface area contributed by atoms with Crippen molar-refractivity contribution in [3.8, 4) is 17.2 Å². The number of Topliss-reactive ketones (excluding diaryl/α,β-unsaturated/α-hetero) is 1. The fourth-order valence-electron chi connectivity index (χ4n) is 3.79. The Hall–Kier alpha value is -3.52. The Bertz CT molecular complexity index is 1040. The molecule has 1 N–H and O–H groups in total. The van der Waals surface area contributed by atoms with E-state index in [1.807, 2.05) is 13.8 Å². The Balaban J connectivity index is 2.14. The third kappa shape index (κ3) is 4.96. The number of ether oxygens (including phenoxy) is 4. The number of aliphatic hydroxyl groups is 1. The van der Waals surface area contributed by atoms with E-state index in [4.69, 9.17) is 18.9 Å². The van der Waals surface area contributed by atoms with Gasteiger partial charge >= 0.3 is 0 Å². The molecular weight excluding hydrogens is 426 g/mol.